The number of nitrogens with zero attached hydrogens (tertiary/aromatic N) is 4. The molecule has 4 heterocycles. The van der Waals surface area contributed by atoms with E-state index in [-0.39, 0.29) is 11.8 Å². The second-order valence-corrected chi connectivity index (χ2v) is 5.99. The van der Waals surface area contributed by atoms with Crippen molar-refractivity contribution in [1.82, 2.24) is 24.7 Å². The molecule has 0 saturated heterocycles. The summed E-state index contributed by atoms with van der Waals surface area (Å²) in [6.07, 6.45) is 5.41. The van der Waals surface area contributed by atoms with Gasteiger partial charge in [0.1, 0.15) is 17.2 Å². The zero-order valence-corrected chi connectivity index (χ0v) is 14.0. The number of imidazole rings is 1. The molecule has 25 heavy (non-hydrogen) atoms. The van der Waals surface area contributed by atoms with Crippen molar-refractivity contribution in [3.63, 3.8) is 0 Å². The third-order valence-electron chi connectivity index (χ3n) is 4.40. The van der Waals surface area contributed by atoms with E-state index in [1.807, 2.05) is 18.3 Å². The van der Waals surface area contributed by atoms with Crippen LogP contribution in [0.5, 0.6) is 5.88 Å². The first kappa shape index (κ1) is 15.4. The fourth-order valence-electron chi connectivity index (χ4n) is 3.16. The van der Waals surface area contributed by atoms with Crippen LogP contribution in [0.1, 0.15) is 35.6 Å². The Morgan fingerprint density at radius 3 is 3.16 bits per heavy atom. The van der Waals surface area contributed by atoms with Crippen molar-refractivity contribution in [2.75, 3.05) is 12.4 Å². The highest BCUT2D eigenvalue weighted by atomic mass is 16.5. The molecular weight excluding hydrogens is 320 g/mol. The van der Waals surface area contributed by atoms with E-state index in [1.54, 1.807) is 6.07 Å². The smallest absolute Gasteiger partial charge is 0.263 e. The van der Waals surface area contributed by atoms with Crippen LogP contribution >= 0.6 is 0 Å². The summed E-state index contributed by atoms with van der Waals surface area (Å²) in [5.41, 5.74) is 2.08. The van der Waals surface area contributed by atoms with Crippen molar-refractivity contribution in [3.05, 3.63) is 42.0 Å². The molecule has 8 nitrogen and oxygen atoms in total. The fraction of sp³-hybridized carbons (Fsp3) is 0.294. The molecule has 0 bridgehead atoms. The van der Waals surface area contributed by atoms with E-state index >= 15 is 0 Å². The lowest BCUT2D eigenvalue weighted by atomic mass is 10.2. The van der Waals surface area contributed by atoms with E-state index < -0.39 is 0 Å². The number of aromatic amines is 1. The molecule has 0 saturated carbocycles. The highest BCUT2D eigenvalue weighted by molar-refractivity contribution is 6.05. The molecule has 1 atom stereocenters. The van der Waals surface area contributed by atoms with Gasteiger partial charge in [-0.05, 0) is 25.5 Å². The normalized spacial score (nSPS) is 15.8. The highest BCUT2D eigenvalue weighted by Gasteiger charge is 2.23. The van der Waals surface area contributed by atoms with Crippen LogP contribution in [-0.4, -0.2) is 37.7 Å². The standard InChI is InChI=1S/C17H18N6O2/c1-10-6-7-15-18-9-13(23(10)15)12-4-3-5-14(20-12)21-16(24)11-8-19-22-17(11)25-2/h3-5,8-10H,6-7H2,1-2H3,(H,19,22)(H,20,21,24). The average Bonchev–Trinajstić information content (AvgIpc) is 3.32. The van der Waals surface area contributed by atoms with Gasteiger partial charge in [0.25, 0.3) is 5.91 Å². The minimum atomic E-state index is -0.331. The summed E-state index contributed by atoms with van der Waals surface area (Å²) in [7, 11) is 1.47. The van der Waals surface area contributed by atoms with Crippen molar-refractivity contribution in [3.8, 4) is 17.3 Å². The summed E-state index contributed by atoms with van der Waals surface area (Å²) in [5, 5.41) is 9.26. The van der Waals surface area contributed by atoms with Crippen LogP contribution < -0.4 is 10.1 Å². The first-order chi connectivity index (χ1) is 12.2. The number of carbonyl (C=O) groups excluding carboxylic acids is 1. The van der Waals surface area contributed by atoms with E-state index in [0.29, 0.717) is 17.4 Å². The molecule has 0 spiro atoms. The molecular formula is C17H18N6O2. The number of methoxy groups -OCH3 is 1. The number of aromatic nitrogens is 5. The molecule has 0 fully saturated rings. The molecule has 4 rings (SSSR count). The van der Waals surface area contributed by atoms with Crippen LogP contribution in [0.3, 0.4) is 0 Å². The van der Waals surface area contributed by atoms with Crippen LogP contribution in [0.2, 0.25) is 0 Å². The molecule has 2 N–H and O–H groups in total. The largest absolute Gasteiger partial charge is 0.479 e. The van der Waals surface area contributed by atoms with E-state index in [4.69, 9.17) is 4.74 Å². The number of nitrogens with one attached hydrogen (secondary N) is 2. The Hall–Kier alpha value is -3.16. The van der Waals surface area contributed by atoms with Gasteiger partial charge in [-0.1, -0.05) is 6.07 Å². The number of hydrogen-bond donors (Lipinski definition) is 2. The molecule has 8 heteroatoms. The van der Waals surface area contributed by atoms with Gasteiger partial charge in [0.05, 0.1) is 24.7 Å². The number of amides is 1. The summed E-state index contributed by atoms with van der Waals surface area (Å²) in [6.45, 7) is 2.18. The van der Waals surface area contributed by atoms with E-state index in [0.717, 1.165) is 30.1 Å². The number of hydrogen-bond acceptors (Lipinski definition) is 5. The van der Waals surface area contributed by atoms with E-state index in [9.17, 15) is 4.79 Å². The third kappa shape index (κ3) is 2.65. The van der Waals surface area contributed by atoms with Crippen LogP contribution in [0.15, 0.2) is 30.6 Å². The van der Waals surface area contributed by atoms with Gasteiger partial charge in [-0.15, -0.1) is 5.10 Å². The zero-order chi connectivity index (χ0) is 17.4. The van der Waals surface area contributed by atoms with E-state index in [2.05, 4.69) is 37.0 Å². The van der Waals surface area contributed by atoms with Crippen LogP contribution in [-0.2, 0) is 6.42 Å². The van der Waals surface area contributed by atoms with Crippen LogP contribution in [0.25, 0.3) is 11.4 Å². The van der Waals surface area contributed by atoms with Crippen molar-refractivity contribution >= 4 is 11.7 Å². The van der Waals surface area contributed by atoms with E-state index in [1.165, 1.54) is 13.3 Å². The highest BCUT2D eigenvalue weighted by Crippen LogP contribution is 2.31. The Morgan fingerprint density at radius 2 is 2.32 bits per heavy atom. The van der Waals surface area contributed by atoms with Gasteiger partial charge >= 0.3 is 0 Å². The maximum Gasteiger partial charge on any atom is 0.263 e. The first-order valence-corrected chi connectivity index (χ1v) is 8.10. The van der Waals surface area contributed by atoms with Gasteiger partial charge in [-0.25, -0.2) is 9.97 Å². The molecule has 0 aliphatic carbocycles. The lowest BCUT2D eigenvalue weighted by Crippen LogP contribution is -2.13. The average molecular weight is 338 g/mol. The van der Waals surface area contributed by atoms with Gasteiger partial charge in [0.2, 0.25) is 5.88 Å². The molecule has 0 aromatic carbocycles. The Balaban J connectivity index is 1.61. The quantitative estimate of drug-likeness (QED) is 0.761. The maximum atomic E-state index is 12.4. The number of aryl methyl sites for hydroxylation is 1. The zero-order valence-electron chi connectivity index (χ0n) is 14.0. The molecule has 3 aromatic rings. The summed E-state index contributed by atoms with van der Waals surface area (Å²) in [4.78, 5) is 21.4. The fourth-order valence-corrected chi connectivity index (χ4v) is 3.16. The first-order valence-electron chi connectivity index (χ1n) is 8.10. The SMILES string of the molecule is COc1n[nH]cc1C(=O)Nc1cccc(-c2cnc3n2C(C)CC3)n1. The third-order valence-corrected chi connectivity index (χ3v) is 4.40. The second kappa shape index (κ2) is 6.04. The van der Waals surface area contributed by atoms with Crippen molar-refractivity contribution in [2.24, 2.45) is 0 Å². The predicted octanol–water partition coefficient (Wildman–Crippen LogP) is 2.44. The Labute approximate surface area is 144 Å². The van der Waals surface area contributed by atoms with Crippen molar-refractivity contribution < 1.29 is 9.53 Å². The molecule has 1 aliphatic heterocycles. The molecule has 128 valence electrons. The summed E-state index contributed by atoms with van der Waals surface area (Å²) in [6, 6.07) is 5.94. The molecule has 1 amide bonds. The Bertz CT molecular complexity index is 929. The topological polar surface area (TPSA) is 97.7 Å². The Morgan fingerprint density at radius 1 is 1.44 bits per heavy atom. The van der Waals surface area contributed by atoms with Crippen LogP contribution in [0.4, 0.5) is 5.82 Å². The van der Waals surface area contributed by atoms with Gasteiger partial charge in [-0.2, -0.15) is 0 Å². The second-order valence-electron chi connectivity index (χ2n) is 5.99. The van der Waals surface area contributed by atoms with Gasteiger partial charge in [-0.3, -0.25) is 9.89 Å². The molecule has 0 radical (unpaired) electrons. The monoisotopic (exact) mass is 338 g/mol. The van der Waals surface area contributed by atoms with Crippen LogP contribution in [0, 0.1) is 0 Å². The number of pyridine rings is 1. The number of rotatable bonds is 4. The minimum Gasteiger partial charge on any atom is -0.479 e. The predicted molar refractivity (Wildman–Crippen MR) is 91.6 cm³/mol. The molecule has 1 unspecified atom stereocenters. The summed E-state index contributed by atoms with van der Waals surface area (Å²) < 4.78 is 7.27. The van der Waals surface area contributed by atoms with Crippen molar-refractivity contribution in [2.45, 2.75) is 25.8 Å². The summed E-state index contributed by atoms with van der Waals surface area (Å²) in [5.74, 6) is 1.46. The minimum absolute atomic E-state index is 0.246. The number of ether oxygens (including phenoxy) is 1. The summed E-state index contributed by atoms with van der Waals surface area (Å²) >= 11 is 0. The Kier molecular flexibility index (Phi) is 3.72. The van der Waals surface area contributed by atoms with Crippen molar-refractivity contribution in [1.29, 1.82) is 0 Å². The lowest BCUT2D eigenvalue weighted by Gasteiger charge is -2.12. The van der Waals surface area contributed by atoms with Gasteiger partial charge < -0.3 is 14.6 Å². The van der Waals surface area contributed by atoms with Gasteiger partial charge in [0, 0.05) is 18.7 Å². The number of fused-ring (bicyclic) bond motifs is 1. The number of carbonyl (C=O) groups is 1. The molecule has 1 aliphatic rings. The lowest BCUT2D eigenvalue weighted by molar-refractivity contribution is 0.102. The maximum absolute atomic E-state index is 12.4. The van der Waals surface area contributed by atoms with Gasteiger partial charge in [0.15, 0.2) is 0 Å². The molecule has 3 aromatic heterocycles. The number of H-pyrrole nitrogens is 1. The number of anilines is 1.